The molecule has 3 aliphatic rings. The minimum atomic E-state index is 0.468. The number of rotatable bonds is 7. The maximum Gasteiger partial charge on any atom is 0.259 e. The molecule has 9 rings (SSSR count). The standard InChI is InChI=1S/C32H31N9O2/c1-38-14-20-13-23(27(18-7-8-18)33-30(20)36-38)31-34-28(29(39(31)2)19-9-10-19)22-5-4-6-25-24(22)15-41(35-25)26-16-40(37-32(26)42-3)21-11-12-43-17-21/h4-6,11,13-16,18-19H,7-10,12,17H2,1-3H3. The van der Waals surface area contributed by atoms with E-state index >= 15 is 0 Å². The Morgan fingerprint density at radius 1 is 0.907 bits per heavy atom. The van der Waals surface area contributed by atoms with Crippen LogP contribution in [-0.2, 0) is 18.8 Å². The van der Waals surface area contributed by atoms with Crippen LogP contribution in [0.3, 0.4) is 0 Å². The predicted octanol–water partition coefficient (Wildman–Crippen LogP) is 5.21. The van der Waals surface area contributed by atoms with E-state index in [0.717, 1.165) is 74.5 Å². The smallest absolute Gasteiger partial charge is 0.259 e. The third kappa shape index (κ3) is 3.94. The van der Waals surface area contributed by atoms with Crippen molar-refractivity contribution in [2.45, 2.75) is 37.5 Å². The predicted molar refractivity (Wildman–Crippen MR) is 162 cm³/mol. The van der Waals surface area contributed by atoms with Gasteiger partial charge in [-0.15, -0.1) is 5.10 Å². The number of nitrogens with zero attached hydrogens (tertiary/aromatic N) is 9. The van der Waals surface area contributed by atoms with Crippen LogP contribution in [0.2, 0.25) is 0 Å². The van der Waals surface area contributed by atoms with Gasteiger partial charge >= 0.3 is 0 Å². The summed E-state index contributed by atoms with van der Waals surface area (Å²) in [5.41, 5.74) is 9.06. The Balaban J connectivity index is 1.21. The zero-order valence-corrected chi connectivity index (χ0v) is 24.4. The molecule has 0 amide bonds. The van der Waals surface area contributed by atoms with Crippen LogP contribution in [0.15, 0.2) is 48.9 Å². The van der Waals surface area contributed by atoms with E-state index in [1.807, 2.05) is 45.6 Å². The molecule has 1 aromatic carbocycles. The molecule has 0 N–H and O–H groups in total. The van der Waals surface area contributed by atoms with Crippen LogP contribution < -0.4 is 4.74 Å². The number of hydrogen-bond acceptors (Lipinski definition) is 7. The second-order valence-electron chi connectivity index (χ2n) is 11.9. The van der Waals surface area contributed by atoms with E-state index in [9.17, 15) is 0 Å². The molecule has 2 fully saturated rings. The Hall–Kier alpha value is -4.77. The average molecular weight is 574 g/mol. The molecule has 5 aromatic heterocycles. The fraction of sp³-hybridized carbons (Fsp3) is 0.344. The zero-order chi connectivity index (χ0) is 28.8. The quantitative estimate of drug-likeness (QED) is 0.258. The highest BCUT2D eigenvalue weighted by molar-refractivity contribution is 5.95. The maximum atomic E-state index is 5.66. The fourth-order valence-electron chi connectivity index (χ4n) is 6.42. The Morgan fingerprint density at radius 3 is 2.53 bits per heavy atom. The van der Waals surface area contributed by atoms with Gasteiger partial charge in [0.25, 0.3) is 5.88 Å². The van der Waals surface area contributed by atoms with Gasteiger partial charge in [-0.2, -0.15) is 10.2 Å². The van der Waals surface area contributed by atoms with E-state index in [1.54, 1.807) is 7.11 Å². The highest BCUT2D eigenvalue weighted by Gasteiger charge is 2.35. The van der Waals surface area contributed by atoms with Gasteiger partial charge in [0.2, 0.25) is 0 Å². The van der Waals surface area contributed by atoms with Gasteiger partial charge in [0.05, 0.1) is 49.1 Å². The summed E-state index contributed by atoms with van der Waals surface area (Å²) in [7, 11) is 5.74. The summed E-state index contributed by atoms with van der Waals surface area (Å²) >= 11 is 0. The number of aromatic nitrogens is 9. The molecule has 0 spiro atoms. The van der Waals surface area contributed by atoms with Gasteiger partial charge in [-0.3, -0.25) is 4.68 Å². The van der Waals surface area contributed by atoms with Gasteiger partial charge in [0.15, 0.2) is 5.65 Å². The molecule has 216 valence electrons. The summed E-state index contributed by atoms with van der Waals surface area (Å²) in [6, 6.07) is 8.52. The molecule has 0 bridgehead atoms. The van der Waals surface area contributed by atoms with Crippen LogP contribution in [0.1, 0.15) is 48.9 Å². The Bertz CT molecular complexity index is 2100. The molecule has 2 saturated carbocycles. The van der Waals surface area contributed by atoms with Crippen LogP contribution in [0, 0.1) is 0 Å². The molecule has 0 atom stereocenters. The molecule has 43 heavy (non-hydrogen) atoms. The summed E-state index contributed by atoms with van der Waals surface area (Å²) < 4.78 is 19.0. The van der Waals surface area contributed by atoms with E-state index in [2.05, 4.69) is 46.2 Å². The molecule has 6 aromatic rings. The second kappa shape index (κ2) is 9.11. The molecule has 11 heteroatoms. The molecular formula is C32H31N9O2. The molecule has 1 aliphatic heterocycles. The van der Waals surface area contributed by atoms with Crippen molar-refractivity contribution in [3.63, 3.8) is 0 Å². The van der Waals surface area contributed by atoms with Gasteiger partial charge < -0.3 is 14.0 Å². The lowest BCUT2D eigenvalue weighted by Crippen LogP contribution is -2.01. The van der Waals surface area contributed by atoms with Crippen molar-refractivity contribution in [2.24, 2.45) is 14.1 Å². The molecule has 0 radical (unpaired) electrons. The van der Waals surface area contributed by atoms with Crippen molar-refractivity contribution < 1.29 is 9.47 Å². The minimum absolute atomic E-state index is 0.468. The van der Waals surface area contributed by atoms with E-state index < -0.39 is 0 Å². The number of imidazole rings is 1. The molecule has 0 unspecified atom stereocenters. The van der Waals surface area contributed by atoms with Gasteiger partial charge in [-0.25, -0.2) is 19.3 Å². The number of methoxy groups -OCH3 is 1. The van der Waals surface area contributed by atoms with Gasteiger partial charge in [0.1, 0.15) is 11.5 Å². The summed E-state index contributed by atoms with van der Waals surface area (Å²) in [4.78, 5) is 10.5. The third-order valence-electron chi connectivity index (χ3n) is 8.84. The largest absolute Gasteiger partial charge is 0.478 e. The van der Waals surface area contributed by atoms with Gasteiger partial charge in [-0.1, -0.05) is 12.1 Å². The lowest BCUT2D eigenvalue weighted by atomic mass is 10.0. The van der Waals surface area contributed by atoms with Crippen LogP contribution in [-0.4, -0.2) is 64.2 Å². The third-order valence-corrected chi connectivity index (χ3v) is 8.84. The van der Waals surface area contributed by atoms with Crippen molar-refractivity contribution in [3.8, 4) is 34.2 Å². The summed E-state index contributed by atoms with van der Waals surface area (Å²) in [6.45, 7) is 1.11. The fourth-order valence-corrected chi connectivity index (χ4v) is 6.42. The van der Waals surface area contributed by atoms with Crippen molar-refractivity contribution >= 4 is 27.6 Å². The summed E-state index contributed by atoms with van der Waals surface area (Å²) in [5.74, 6) is 2.43. The Labute approximate surface area is 247 Å². The van der Waals surface area contributed by atoms with E-state index in [1.165, 1.54) is 18.5 Å². The Kier molecular flexibility index (Phi) is 5.25. The molecular weight excluding hydrogens is 542 g/mol. The lowest BCUT2D eigenvalue weighted by Gasteiger charge is -2.10. The summed E-state index contributed by atoms with van der Waals surface area (Å²) in [5, 5.41) is 16.3. The van der Waals surface area contributed by atoms with Crippen LogP contribution in [0.4, 0.5) is 0 Å². The highest BCUT2D eigenvalue weighted by Crippen LogP contribution is 2.49. The number of hydrogen-bond donors (Lipinski definition) is 0. The van der Waals surface area contributed by atoms with Gasteiger partial charge in [0, 0.05) is 65.9 Å². The average Bonchev–Trinajstić information content (AvgIpc) is 3.71. The number of aryl methyl sites for hydroxylation is 1. The van der Waals surface area contributed by atoms with E-state index in [0.29, 0.717) is 30.9 Å². The first-order valence-corrected chi connectivity index (χ1v) is 14.9. The van der Waals surface area contributed by atoms with Crippen LogP contribution >= 0.6 is 0 Å². The monoisotopic (exact) mass is 573 g/mol. The number of benzene rings is 1. The molecule has 11 nitrogen and oxygen atoms in total. The van der Waals surface area contributed by atoms with Crippen molar-refractivity contribution in [3.05, 3.63) is 60.3 Å². The molecule has 0 saturated heterocycles. The highest BCUT2D eigenvalue weighted by atomic mass is 16.5. The van der Waals surface area contributed by atoms with Crippen molar-refractivity contribution in [2.75, 3.05) is 20.3 Å². The zero-order valence-electron chi connectivity index (χ0n) is 24.4. The van der Waals surface area contributed by atoms with Crippen LogP contribution in [0.25, 0.3) is 56.0 Å². The summed E-state index contributed by atoms with van der Waals surface area (Å²) in [6.07, 6.45) is 12.7. The van der Waals surface area contributed by atoms with Gasteiger partial charge in [-0.05, 0) is 43.9 Å². The van der Waals surface area contributed by atoms with Crippen molar-refractivity contribution in [1.82, 2.24) is 43.9 Å². The first-order chi connectivity index (χ1) is 21.1. The van der Waals surface area contributed by atoms with Crippen molar-refractivity contribution in [1.29, 1.82) is 0 Å². The number of ether oxygens (including phenoxy) is 2. The van der Waals surface area contributed by atoms with E-state index in [-0.39, 0.29) is 0 Å². The SMILES string of the molecule is COc1nn(C2=CCOC2)cc1-n1cc2c(-c3nc(-c4cc5cn(C)nc5nc4C4CC4)n(C)c3C3CC3)cccc2n1. The molecule has 2 aliphatic carbocycles. The first kappa shape index (κ1) is 24.8. The second-order valence-corrected chi connectivity index (χ2v) is 11.9. The van der Waals surface area contributed by atoms with Crippen LogP contribution in [0.5, 0.6) is 5.88 Å². The maximum absolute atomic E-state index is 5.66. The first-order valence-electron chi connectivity index (χ1n) is 14.9. The molecule has 6 heterocycles. The number of pyridine rings is 1. The number of fused-ring (bicyclic) bond motifs is 2. The minimum Gasteiger partial charge on any atom is -0.478 e. The topological polar surface area (TPSA) is 103 Å². The van der Waals surface area contributed by atoms with E-state index in [4.69, 9.17) is 24.5 Å². The lowest BCUT2D eigenvalue weighted by molar-refractivity contribution is 0.213. The Morgan fingerprint density at radius 2 is 1.77 bits per heavy atom. The normalized spacial score (nSPS) is 17.0.